The van der Waals surface area contributed by atoms with Crippen molar-refractivity contribution in [1.29, 1.82) is 5.26 Å². The molecule has 0 saturated carbocycles. The lowest BCUT2D eigenvalue weighted by Gasteiger charge is -2.48. The van der Waals surface area contributed by atoms with Crippen LogP contribution >= 0.6 is 0 Å². The molecule has 2 unspecified atom stereocenters. The van der Waals surface area contributed by atoms with Gasteiger partial charge in [-0.2, -0.15) is 5.26 Å². The number of amides is 1. The Hall–Kier alpha value is -2.35. The van der Waals surface area contributed by atoms with Gasteiger partial charge in [-0.05, 0) is 70.6 Å². The molecule has 0 spiro atoms. The van der Waals surface area contributed by atoms with Crippen LogP contribution in [-0.4, -0.2) is 34.5 Å². The first-order valence-corrected chi connectivity index (χ1v) is 9.80. The van der Waals surface area contributed by atoms with E-state index < -0.39 is 5.60 Å². The predicted octanol–water partition coefficient (Wildman–Crippen LogP) is 4.24. The van der Waals surface area contributed by atoms with Crippen molar-refractivity contribution in [3.63, 3.8) is 0 Å². The molecule has 5 heteroatoms. The second kappa shape index (κ2) is 7.72. The summed E-state index contributed by atoms with van der Waals surface area (Å²) in [5, 5.41) is 8.89. The Morgan fingerprint density at radius 2 is 1.74 bits per heavy atom. The zero-order valence-electron chi connectivity index (χ0n) is 16.4. The van der Waals surface area contributed by atoms with Crippen LogP contribution < -0.4 is 0 Å². The molecule has 1 aromatic rings. The Morgan fingerprint density at radius 1 is 1.15 bits per heavy atom. The number of hydrogen-bond donors (Lipinski definition) is 0. The van der Waals surface area contributed by atoms with Crippen LogP contribution in [0, 0.1) is 17.2 Å². The van der Waals surface area contributed by atoms with Gasteiger partial charge in [0.15, 0.2) is 0 Å². The third-order valence-corrected chi connectivity index (χ3v) is 5.50. The molecule has 0 aromatic heterocycles. The van der Waals surface area contributed by atoms with E-state index in [1.54, 1.807) is 12.1 Å². The summed E-state index contributed by atoms with van der Waals surface area (Å²) >= 11 is 0. The molecule has 1 aromatic carbocycles. The van der Waals surface area contributed by atoms with Crippen LogP contribution in [0.25, 0.3) is 0 Å². The molecular formula is C22H28N2O3. The number of rotatable bonds is 3. The molecule has 0 N–H and O–H groups in total. The fourth-order valence-electron chi connectivity index (χ4n) is 4.30. The second-order valence-corrected chi connectivity index (χ2v) is 8.75. The van der Waals surface area contributed by atoms with E-state index in [-0.39, 0.29) is 29.9 Å². The van der Waals surface area contributed by atoms with Gasteiger partial charge in [-0.15, -0.1) is 0 Å². The molecule has 2 atom stereocenters. The highest BCUT2D eigenvalue weighted by atomic mass is 16.6. The van der Waals surface area contributed by atoms with Gasteiger partial charge < -0.3 is 9.64 Å². The van der Waals surface area contributed by atoms with Crippen LogP contribution in [0.15, 0.2) is 24.3 Å². The maximum absolute atomic E-state index is 12.9. The van der Waals surface area contributed by atoms with Gasteiger partial charge in [0.25, 0.3) is 0 Å². The fourth-order valence-corrected chi connectivity index (χ4v) is 4.30. The van der Waals surface area contributed by atoms with Gasteiger partial charge in [-0.25, -0.2) is 4.79 Å². The van der Waals surface area contributed by atoms with E-state index in [9.17, 15) is 9.59 Å². The molecule has 2 bridgehead atoms. The molecule has 2 heterocycles. The summed E-state index contributed by atoms with van der Waals surface area (Å²) in [5.41, 5.74) is 1.04. The highest BCUT2D eigenvalue weighted by molar-refractivity contribution is 5.84. The third-order valence-electron chi connectivity index (χ3n) is 5.50. The van der Waals surface area contributed by atoms with E-state index in [4.69, 9.17) is 10.00 Å². The largest absolute Gasteiger partial charge is 0.444 e. The number of ketones is 1. The number of carbonyl (C=O) groups is 2. The highest BCUT2D eigenvalue weighted by Crippen LogP contribution is 2.38. The normalized spacial score (nSPS) is 24.8. The van der Waals surface area contributed by atoms with Crippen molar-refractivity contribution in [3.8, 4) is 6.07 Å². The number of piperidine rings is 2. The lowest BCUT2D eigenvalue weighted by Crippen LogP contribution is -2.56. The summed E-state index contributed by atoms with van der Waals surface area (Å²) in [5.74, 6) is 0.232. The third kappa shape index (κ3) is 4.68. The Morgan fingerprint density at radius 3 is 2.26 bits per heavy atom. The molecule has 2 aliphatic heterocycles. The van der Waals surface area contributed by atoms with E-state index in [0.29, 0.717) is 12.0 Å². The number of nitrogens with zero attached hydrogens (tertiary/aromatic N) is 2. The first kappa shape index (κ1) is 19.4. The van der Waals surface area contributed by atoms with Gasteiger partial charge in [-0.3, -0.25) is 4.79 Å². The van der Waals surface area contributed by atoms with Crippen molar-refractivity contribution < 1.29 is 14.3 Å². The number of ether oxygens (including phenoxy) is 1. The van der Waals surface area contributed by atoms with E-state index in [1.807, 2.05) is 37.8 Å². The van der Waals surface area contributed by atoms with E-state index >= 15 is 0 Å². The standard InChI is InChI=1S/C22H28N2O3/c1-22(2,3)27-21(26)24-18-5-4-6-19(24)13-17(12-18)20(25)11-15-7-9-16(14-23)10-8-15/h7-10,17-19H,4-6,11-13H2,1-3H3. The van der Waals surface area contributed by atoms with Crippen LogP contribution in [0.4, 0.5) is 4.79 Å². The number of benzene rings is 1. The zero-order chi connectivity index (χ0) is 19.6. The molecule has 27 heavy (non-hydrogen) atoms. The minimum Gasteiger partial charge on any atom is -0.444 e. The van der Waals surface area contributed by atoms with Gasteiger partial charge in [0.2, 0.25) is 0 Å². The average molecular weight is 368 g/mol. The second-order valence-electron chi connectivity index (χ2n) is 8.75. The molecular weight excluding hydrogens is 340 g/mol. The maximum Gasteiger partial charge on any atom is 0.410 e. The number of nitriles is 1. The predicted molar refractivity (Wildman–Crippen MR) is 102 cm³/mol. The van der Waals surface area contributed by atoms with Crippen molar-refractivity contribution in [3.05, 3.63) is 35.4 Å². The molecule has 0 aliphatic carbocycles. The van der Waals surface area contributed by atoms with Gasteiger partial charge in [-0.1, -0.05) is 12.1 Å². The summed E-state index contributed by atoms with van der Waals surface area (Å²) in [6, 6.07) is 9.51. The van der Waals surface area contributed by atoms with Crippen LogP contribution in [-0.2, 0) is 16.0 Å². The topological polar surface area (TPSA) is 70.4 Å². The van der Waals surface area contributed by atoms with Gasteiger partial charge in [0.05, 0.1) is 11.6 Å². The molecule has 5 nitrogen and oxygen atoms in total. The first-order chi connectivity index (χ1) is 12.8. The summed E-state index contributed by atoms with van der Waals surface area (Å²) in [6.07, 6.45) is 4.59. The summed E-state index contributed by atoms with van der Waals surface area (Å²) in [7, 11) is 0. The Balaban J connectivity index is 1.65. The van der Waals surface area contributed by atoms with Gasteiger partial charge >= 0.3 is 6.09 Å². The van der Waals surface area contributed by atoms with Crippen molar-refractivity contribution in [1.82, 2.24) is 4.90 Å². The van der Waals surface area contributed by atoms with Crippen molar-refractivity contribution in [2.24, 2.45) is 5.92 Å². The number of hydrogen-bond acceptors (Lipinski definition) is 4. The van der Waals surface area contributed by atoms with Crippen LogP contribution in [0.1, 0.15) is 64.0 Å². The average Bonchev–Trinajstić information content (AvgIpc) is 2.59. The van der Waals surface area contributed by atoms with Gasteiger partial charge in [0, 0.05) is 24.4 Å². The van der Waals surface area contributed by atoms with Crippen molar-refractivity contribution >= 4 is 11.9 Å². The highest BCUT2D eigenvalue weighted by Gasteiger charge is 2.44. The van der Waals surface area contributed by atoms with Crippen LogP contribution in [0.3, 0.4) is 0 Å². The number of fused-ring (bicyclic) bond motifs is 2. The Bertz CT molecular complexity index is 728. The monoisotopic (exact) mass is 368 g/mol. The minimum absolute atomic E-state index is 0.00497. The summed E-state index contributed by atoms with van der Waals surface area (Å²) in [6.45, 7) is 5.65. The molecule has 2 aliphatic rings. The van der Waals surface area contributed by atoms with E-state index in [0.717, 1.165) is 37.7 Å². The maximum atomic E-state index is 12.9. The van der Waals surface area contributed by atoms with Crippen LogP contribution in [0.2, 0.25) is 0 Å². The molecule has 2 saturated heterocycles. The zero-order valence-corrected chi connectivity index (χ0v) is 16.4. The fraction of sp³-hybridized carbons (Fsp3) is 0.591. The molecule has 2 fully saturated rings. The molecule has 0 radical (unpaired) electrons. The SMILES string of the molecule is CC(C)(C)OC(=O)N1C2CCCC1CC(C(=O)Cc1ccc(C#N)cc1)C2. The summed E-state index contributed by atoms with van der Waals surface area (Å²) in [4.78, 5) is 27.4. The van der Waals surface area contributed by atoms with E-state index in [1.165, 1.54) is 0 Å². The van der Waals surface area contributed by atoms with Crippen molar-refractivity contribution in [2.45, 2.75) is 77.0 Å². The Kier molecular flexibility index (Phi) is 5.55. The quantitative estimate of drug-likeness (QED) is 0.800. The Labute approximate surface area is 161 Å². The minimum atomic E-state index is -0.506. The first-order valence-electron chi connectivity index (χ1n) is 9.80. The van der Waals surface area contributed by atoms with Gasteiger partial charge in [0.1, 0.15) is 11.4 Å². The molecule has 1 amide bonds. The lowest BCUT2D eigenvalue weighted by atomic mass is 9.76. The van der Waals surface area contributed by atoms with Crippen LogP contribution in [0.5, 0.6) is 0 Å². The summed E-state index contributed by atoms with van der Waals surface area (Å²) < 4.78 is 5.60. The molecule has 144 valence electrons. The lowest BCUT2D eigenvalue weighted by molar-refractivity contribution is -0.126. The number of carbonyl (C=O) groups excluding carboxylic acids is 2. The molecule has 3 rings (SSSR count). The number of Topliss-reactive ketones (excluding diaryl/α,β-unsaturated/α-hetero) is 1. The van der Waals surface area contributed by atoms with Crippen molar-refractivity contribution in [2.75, 3.05) is 0 Å². The smallest absolute Gasteiger partial charge is 0.410 e. The van der Waals surface area contributed by atoms with E-state index in [2.05, 4.69) is 6.07 Å².